The van der Waals surface area contributed by atoms with Crippen LogP contribution in [-0.2, 0) is 14.9 Å². The van der Waals surface area contributed by atoms with Crippen LogP contribution in [0.15, 0.2) is 18.2 Å². The number of carbonyl (C=O) groups excluding carboxylic acids is 1. The SMILES string of the molecule is CC(C)(C)OC(=O)Nc1ccc(C(C)(C)C(N)C(=O)O)cc1Cl. The number of rotatable bonds is 4. The summed E-state index contributed by atoms with van der Waals surface area (Å²) in [5.41, 5.74) is 5.33. The lowest BCUT2D eigenvalue weighted by Gasteiger charge is -2.29. The van der Waals surface area contributed by atoms with E-state index in [0.29, 0.717) is 11.3 Å². The van der Waals surface area contributed by atoms with Crippen LogP contribution < -0.4 is 11.1 Å². The number of hydrogen-bond donors (Lipinski definition) is 3. The van der Waals surface area contributed by atoms with Crippen LogP contribution in [0, 0.1) is 0 Å². The van der Waals surface area contributed by atoms with Gasteiger partial charge in [0.25, 0.3) is 0 Å². The maximum absolute atomic E-state index is 11.8. The standard InChI is InChI=1S/C16H23ClN2O4/c1-15(2,3)23-14(22)19-11-7-6-9(8-10(11)17)16(4,5)12(18)13(20)21/h6-8,12H,18H2,1-5H3,(H,19,22)(H,20,21). The van der Waals surface area contributed by atoms with Crippen LogP contribution in [0.2, 0.25) is 5.02 Å². The van der Waals surface area contributed by atoms with Crippen LogP contribution in [0.1, 0.15) is 40.2 Å². The summed E-state index contributed by atoms with van der Waals surface area (Å²) in [5.74, 6) is -1.10. The first-order valence-corrected chi connectivity index (χ1v) is 7.51. The molecule has 0 fully saturated rings. The van der Waals surface area contributed by atoms with E-state index < -0.39 is 29.1 Å². The maximum Gasteiger partial charge on any atom is 0.412 e. The van der Waals surface area contributed by atoms with E-state index in [4.69, 9.17) is 27.2 Å². The molecule has 1 rings (SSSR count). The molecule has 1 aromatic carbocycles. The summed E-state index contributed by atoms with van der Waals surface area (Å²) >= 11 is 6.18. The smallest absolute Gasteiger partial charge is 0.412 e. The molecule has 0 heterocycles. The van der Waals surface area contributed by atoms with E-state index in [2.05, 4.69) is 5.32 Å². The van der Waals surface area contributed by atoms with Gasteiger partial charge in [0.15, 0.2) is 0 Å². The Morgan fingerprint density at radius 1 is 1.26 bits per heavy atom. The normalized spacial score (nSPS) is 13.3. The zero-order chi connectivity index (χ0) is 18.0. The third kappa shape index (κ3) is 5.11. The molecular weight excluding hydrogens is 320 g/mol. The van der Waals surface area contributed by atoms with Gasteiger partial charge in [-0.25, -0.2) is 4.79 Å². The van der Waals surface area contributed by atoms with Crippen LogP contribution in [-0.4, -0.2) is 28.8 Å². The Bertz CT molecular complexity index is 609. The van der Waals surface area contributed by atoms with E-state index in [-0.39, 0.29) is 5.02 Å². The minimum absolute atomic E-state index is 0.277. The van der Waals surface area contributed by atoms with Gasteiger partial charge in [-0.3, -0.25) is 10.1 Å². The number of carboxylic acids is 1. The molecule has 7 heteroatoms. The van der Waals surface area contributed by atoms with Gasteiger partial charge >= 0.3 is 12.1 Å². The van der Waals surface area contributed by atoms with Crippen molar-refractivity contribution in [2.75, 3.05) is 5.32 Å². The molecule has 6 nitrogen and oxygen atoms in total. The second-order valence-electron chi connectivity index (χ2n) is 6.86. The van der Waals surface area contributed by atoms with Gasteiger partial charge in [-0.05, 0) is 38.5 Å². The lowest BCUT2D eigenvalue weighted by Crippen LogP contribution is -2.46. The molecule has 0 saturated carbocycles. The van der Waals surface area contributed by atoms with Gasteiger partial charge < -0.3 is 15.6 Å². The molecule has 128 valence electrons. The number of carbonyl (C=O) groups is 2. The minimum atomic E-state index is -1.10. The number of ether oxygens (including phenoxy) is 1. The van der Waals surface area contributed by atoms with Gasteiger partial charge in [0.05, 0.1) is 10.7 Å². The largest absolute Gasteiger partial charge is 0.480 e. The number of benzene rings is 1. The lowest BCUT2D eigenvalue weighted by atomic mass is 9.78. The number of nitrogens with two attached hydrogens (primary N) is 1. The van der Waals surface area contributed by atoms with Crippen molar-refractivity contribution in [3.05, 3.63) is 28.8 Å². The van der Waals surface area contributed by atoms with E-state index >= 15 is 0 Å². The molecule has 0 saturated heterocycles. The fourth-order valence-corrected chi connectivity index (χ4v) is 2.15. The van der Waals surface area contributed by atoms with E-state index in [0.717, 1.165) is 0 Å². The first-order chi connectivity index (χ1) is 10.3. The summed E-state index contributed by atoms with van der Waals surface area (Å²) in [5, 5.41) is 11.9. The van der Waals surface area contributed by atoms with E-state index in [1.165, 1.54) is 0 Å². The topological polar surface area (TPSA) is 102 Å². The highest BCUT2D eigenvalue weighted by atomic mass is 35.5. The summed E-state index contributed by atoms with van der Waals surface area (Å²) in [6, 6.07) is 3.79. The second kappa shape index (κ2) is 6.76. The average Bonchev–Trinajstić information content (AvgIpc) is 2.37. The van der Waals surface area contributed by atoms with Gasteiger partial charge in [-0.2, -0.15) is 0 Å². The predicted octanol–water partition coefficient (Wildman–Crippen LogP) is 3.38. The predicted molar refractivity (Wildman–Crippen MR) is 89.9 cm³/mol. The number of hydrogen-bond acceptors (Lipinski definition) is 4. The van der Waals surface area contributed by atoms with Crippen molar-refractivity contribution in [3.63, 3.8) is 0 Å². The van der Waals surface area contributed by atoms with Crippen molar-refractivity contribution in [2.24, 2.45) is 5.73 Å². The number of amides is 1. The van der Waals surface area contributed by atoms with Gasteiger partial charge in [0.1, 0.15) is 11.6 Å². The molecule has 0 aliphatic carbocycles. The Hall–Kier alpha value is -1.79. The van der Waals surface area contributed by atoms with E-state index in [1.807, 2.05) is 0 Å². The van der Waals surface area contributed by atoms with Crippen LogP contribution in [0.5, 0.6) is 0 Å². The van der Waals surface area contributed by atoms with Crippen molar-refractivity contribution >= 4 is 29.4 Å². The van der Waals surface area contributed by atoms with Crippen LogP contribution in [0.25, 0.3) is 0 Å². The van der Waals surface area contributed by atoms with E-state index in [9.17, 15) is 9.59 Å². The third-order valence-corrected chi connectivity index (χ3v) is 3.70. The Morgan fingerprint density at radius 3 is 2.26 bits per heavy atom. The lowest BCUT2D eigenvalue weighted by molar-refractivity contribution is -0.140. The number of carboxylic acid groups (broad SMARTS) is 1. The quantitative estimate of drug-likeness (QED) is 0.778. The fraction of sp³-hybridized carbons (Fsp3) is 0.500. The number of nitrogens with one attached hydrogen (secondary N) is 1. The fourth-order valence-electron chi connectivity index (χ4n) is 1.92. The zero-order valence-electron chi connectivity index (χ0n) is 13.9. The van der Waals surface area contributed by atoms with Crippen molar-refractivity contribution in [3.8, 4) is 0 Å². The zero-order valence-corrected chi connectivity index (χ0v) is 14.7. The highest BCUT2D eigenvalue weighted by molar-refractivity contribution is 6.33. The summed E-state index contributed by atoms with van der Waals surface area (Å²) < 4.78 is 5.16. The van der Waals surface area contributed by atoms with Crippen LogP contribution >= 0.6 is 11.6 Å². The van der Waals surface area contributed by atoms with Crippen LogP contribution in [0.3, 0.4) is 0 Å². The minimum Gasteiger partial charge on any atom is -0.480 e. The molecular formula is C16H23ClN2O4. The van der Waals surface area contributed by atoms with E-state index in [1.54, 1.807) is 52.8 Å². The Balaban J connectivity index is 2.99. The molecule has 0 radical (unpaired) electrons. The van der Waals surface area contributed by atoms with Gasteiger partial charge in [-0.15, -0.1) is 0 Å². The molecule has 0 aliphatic rings. The molecule has 0 spiro atoms. The number of aliphatic carboxylic acids is 1. The molecule has 1 unspecified atom stereocenters. The Morgan fingerprint density at radius 2 is 1.83 bits per heavy atom. The summed E-state index contributed by atoms with van der Waals surface area (Å²) in [6.07, 6.45) is -0.617. The molecule has 1 amide bonds. The highest BCUT2D eigenvalue weighted by Crippen LogP contribution is 2.32. The van der Waals surface area contributed by atoms with Crippen molar-refractivity contribution < 1.29 is 19.4 Å². The monoisotopic (exact) mass is 342 g/mol. The maximum atomic E-state index is 11.8. The summed E-state index contributed by atoms with van der Waals surface area (Å²) in [6.45, 7) is 8.71. The van der Waals surface area contributed by atoms with Gasteiger partial charge in [-0.1, -0.05) is 31.5 Å². The summed E-state index contributed by atoms with van der Waals surface area (Å²) in [7, 11) is 0. The van der Waals surface area contributed by atoms with Crippen molar-refractivity contribution in [1.29, 1.82) is 0 Å². The highest BCUT2D eigenvalue weighted by Gasteiger charge is 2.34. The molecule has 1 aromatic rings. The number of anilines is 1. The first-order valence-electron chi connectivity index (χ1n) is 7.13. The molecule has 23 heavy (non-hydrogen) atoms. The second-order valence-corrected chi connectivity index (χ2v) is 7.27. The van der Waals surface area contributed by atoms with Crippen molar-refractivity contribution in [1.82, 2.24) is 0 Å². The number of halogens is 1. The molecule has 0 bridgehead atoms. The molecule has 0 aromatic heterocycles. The Kier molecular flexibility index (Phi) is 5.66. The van der Waals surface area contributed by atoms with Gasteiger partial charge in [0, 0.05) is 5.41 Å². The molecule has 1 atom stereocenters. The molecule has 4 N–H and O–H groups in total. The Labute approximate surface area is 141 Å². The van der Waals surface area contributed by atoms with Gasteiger partial charge in [0.2, 0.25) is 0 Å². The molecule has 0 aliphatic heterocycles. The first kappa shape index (κ1) is 19.3. The summed E-state index contributed by atoms with van der Waals surface area (Å²) in [4.78, 5) is 22.9. The third-order valence-electron chi connectivity index (χ3n) is 3.39. The van der Waals surface area contributed by atoms with Crippen molar-refractivity contribution in [2.45, 2.75) is 51.7 Å². The average molecular weight is 343 g/mol. The van der Waals surface area contributed by atoms with Crippen LogP contribution in [0.4, 0.5) is 10.5 Å².